The van der Waals surface area contributed by atoms with E-state index < -0.39 is 6.03 Å². The van der Waals surface area contributed by atoms with Crippen LogP contribution in [0.25, 0.3) is 10.2 Å². The van der Waals surface area contributed by atoms with E-state index in [1.807, 2.05) is 6.92 Å². The molecule has 0 atom stereocenters. The first-order valence-corrected chi connectivity index (χ1v) is 7.33. The summed E-state index contributed by atoms with van der Waals surface area (Å²) >= 11 is 1.21. The minimum absolute atomic E-state index is 0.329. The van der Waals surface area contributed by atoms with Crippen LogP contribution in [0, 0.1) is 12.7 Å². The minimum atomic E-state index is -0.413. The molecule has 22 heavy (non-hydrogen) atoms. The predicted octanol–water partition coefficient (Wildman–Crippen LogP) is 3.18. The maximum absolute atomic E-state index is 13.1. The highest BCUT2D eigenvalue weighted by atomic mass is 32.1. The quantitative estimate of drug-likeness (QED) is 0.714. The van der Waals surface area contributed by atoms with Crippen LogP contribution < -0.4 is 16.1 Å². The number of urea groups is 1. The number of anilines is 2. The van der Waals surface area contributed by atoms with Crippen LogP contribution in [0.15, 0.2) is 36.4 Å². The summed E-state index contributed by atoms with van der Waals surface area (Å²) in [4.78, 5) is 16.2. The lowest BCUT2D eigenvalue weighted by molar-refractivity contribution is 0.262. The molecule has 4 nitrogen and oxygen atoms in total. The molecule has 2 amide bonds. The van der Waals surface area contributed by atoms with E-state index in [0.717, 1.165) is 5.56 Å². The molecular formula is C15H11BFN3OS. The fraction of sp³-hybridized carbons (Fsp3) is 0.0667. The molecule has 3 aromatic rings. The smallest absolute Gasteiger partial charge is 0.308 e. The Morgan fingerprint density at radius 2 is 2.05 bits per heavy atom. The Labute approximate surface area is 131 Å². The summed E-state index contributed by atoms with van der Waals surface area (Å²) in [5.74, 6) is -0.329. The first kappa shape index (κ1) is 14.5. The highest BCUT2D eigenvalue weighted by molar-refractivity contribution is 7.22. The largest absolute Gasteiger partial charge is 0.325 e. The van der Waals surface area contributed by atoms with Crippen LogP contribution in [0.5, 0.6) is 0 Å². The second-order valence-electron chi connectivity index (χ2n) is 4.78. The number of amides is 2. The van der Waals surface area contributed by atoms with Crippen LogP contribution in [0.3, 0.4) is 0 Å². The second kappa shape index (κ2) is 5.77. The average Bonchev–Trinajstić information content (AvgIpc) is 2.84. The molecule has 0 aliphatic heterocycles. The highest BCUT2D eigenvalue weighted by Crippen LogP contribution is 2.26. The van der Waals surface area contributed by atoms with E-state index in [1.54, 1.807) is 24.3 Å². The average molecular weight is 311 g/mol. The molecule has 3 rings (SSSR count). The third-order valence-electron chi connectivity index (χ3n) is 3.10. The molecule has 0 spiro atoms. The van der Waals surface area contributed by atoms with Crippen LogP contribution >= 0.6 is 11.3 Å². The molecule has 0 aliphatic rings. The summed E-state index contributed by atoms with van der Waals surface area (Å²) in [7, 11) is 5.73. The van der Waals surface area contributed by atoms with Crippen molar-refractivity contribution in [2.75, 3.05) is 10.6 Å². The topological polar surface area (TPSA) is 54.0 Å². The van der Waals surface area contributed by atoms with Crippen molar-refractivity contribution in [2.24, 2.45) is 0 Å². The Kier molecular flexibility index (Phi) is 3.81. The maximum atomic E-state index is 13.1. The molecule has 0 saturated carbocycles. The van der Waals surface area contributed by atoms with Gasteiger partial charge in [0, 0.05) is 5.69 Å². The van der Waals surface area contributed by atoms with Crippen molar-refractivity contribution >= 4 is 51.7 Å². The second-order valence-corrected chi connectivity index (χ2v) is 5.81. The van der Waals surface area contributed by atoms with Gasteiger partial charge in [0.05, 0.1) is 10.2 Å². The molecule has 0 unspecified atom stereocenters. The molecule has 0 bridgehead atoms. The van der Waals surface area contributed by atoms with E-state index >= 15 is 0 Å². The van der Waals surface area contributed by atoms with Gasteiger partial charge in [-0.1, -0.05) is 28.4 Å². The molecule has 0 aliphatic carbocycles. The van der Waals surface area contributed by atoms with Gasteiger partial charge in [-0.05, 0) is 37.3 Å². The predicted molar refractivity (Wildman–Crippen MR) is 88.8 cm³/mol. The van der Waals surface area contributed by atoms with Crippen LogP contribution in [0.1, 0.15) is 5.56 Å². The molecule has 108 valence electrons. The molecule has 0 saturated heterocycles. The van der Waals surface area contributed by atoms with Crippen molar-refractivity contribution in [3.05, 3.63) is 47.8 Å². The number of hydrogen-bond acceptors (Lipinski definition) is 3. The van der Waals surface area contributed by atoms with Gasteiger partial charge in [0.15, 0.2) is 5.13 Å². The lowest BCUT2D eigenvalue weighted by Gasteiger charge is -2.07. The third kappa shape index (κ3) is 3.09. The van der Waals surface area contributed by atoms with E-state index in [4.69, 9.17) is 7.85 Å². The van der Waals surface area contributed by atoms with Gasteiger partial charge in [0.1, 0.15) is 13.7 Å². The minimum Gasteiger partial charge on any atom is -0.308 e. The molecular weight excluding hydrogens is 300 g/mol. The van der Waals surface area contributed by atoms with Crippen LogP contribution in [-0.2, 0) is 0 Å². The summed E-state index contributed by atoms with van der Waals surface area (Å²) in [6, 6.07) is 9.11. The lowest BCUT2D eigenvalue weighted by atomic mass is 9.91. The van der Waals surface area contributed by atoms with Crippen LogP contribution in [0.4, 0.5) is 20.0 Å². The monoisotopic (exact) mass is 311 g/mol. The zero-order chi connectivity index (χ0) is 15.7. The Bertz CT molecular complexity index is 865. The van der Waals surface area contributed by atoms with Gasteiger partial charge in [-0.25, -0.2) is 14.2 Å². The van der Waals surface area contributed by atoms with Gasteiger partial charge < -0.3 is 5.32 Å². The molecule has 2 aromatic carbocycles. The molecule has 7 heteroatoms. The van der Waals surface area contributed by atoms with E-state index in [2.05, 4.69) is 15.6 Å². The summed E-state index contributed by atoms with van der Waals surface area (Å²) in [5.41, 5.74) is 2.83. The first-order valence-electron chi connectivity index (χ1n) is 6.51. The zero-order valence-electron chi connectivity index (χ0n) is 11.7. The number of rotatable bonds is 2. The van der Waals surface area contributed by atoms with Gasteiger partial charge in [-0.2, -0.15) is 0 Å². The number of carbonyl (C=O) groups excluding carboxylic acids is 1. The molecule has 0 fully saturated rings. The fourth-order valence-corrected chi connectivity index (χ4v) is 2.85. The summed E-state index contributed by atoms with van der Waals surface area (Å²) < 4.78 is 13.8. The highest BCUT2D eigenvalue weighted by Gasteiger charge is 2.09. The number of halogens is 1. The zero-order valence-corrected chi connectivity index (χ0v) is 12.5. The van der Waals surface area contributed by atoms with Gasteiger partial charge in [-0.3, -0.25) is 5.32 Å². The van der Waals surface area contributed by atoms with Gasteiger partial charge in [0.25, 0.3) is 0 Å². The number of aryl methyl sites for hydroxylation is 1. The lowest BCUT2D eigenvalue weighted by Crippen LogP contribution is -2.20. The number of fused-ring (bicyclic) bond motifs is 1. The van der Waals surface area contributed by atoms with Crippen molar-refractivity contribution in [3.63, 3.8) is 0 Å². The Hall–Kier alpha value is -2.41. The standard InChI is InChI=1S/C15H11BFN3OS/c1-8-6-10(3-4-11(8)16)18-14(21)20-15-19-12-5-2-9(17)7-13(12)22-15/h2-7H,1H3,(H2,18,19,20,21). The summed E-state index contributed by atoms with van der Waals surface area (Å²) in [6.45, 7) is 1.86. The van der Waals surface area contributed by atoms with Crippen molar-refractivity contribution in [3.8, 4) is 0 Å². The van der Waals surface area contributed by atoms with Gasteiger partial charge in [-0.15, -0.1) is 0 Å². The van der Waals surface area contributed by atoms with Gasteiger partial charge in [0.2, 0.25) is 0 Å². The molecule has 1 aromatic heterocycles. The number of carbonyl (C=O) groups is 1. The summed E-state index contributed by atoms with van der Waals surface area (Å²) in [6.07, 6.45) is 0. The van der Waals surface area contributed by atoms with E-state index in [9.17, 15) is 9.18 Å². The first-order chi connectivity index (χ1) is 10.5. The van der Waals surface area contributed by atoms with E-state index in [0.29, 0.717) is 26.5 Å². The summed E-state index contributed by atoms with van der Waals surface area (Å²) in [5, 5.41) is 5.75. The van der Waals surface area contributed by atoms with Gasteiger partial charge >= 0.3 is 6.03 Å². The van der Waals surface area contributed by atoms with Crippen molar-refractivity contribution < 1.29 is 9.18 Å². The number of aromatic nitrogens is 1. The molecule has 2 radical (unpaired) electrons. The number of nitrogens with zero attached hydrogens (tertiary/aromatic N) is 1. The van der Waals surface area contributed by atoms with Crippen LogP contribution in [-0.4, -0.2) is 18.9 Å². The molecule has 1 heterocycles. The third-order valence-corrected chi connectivity index (χ3v) is 4.03. The van der Waals surface area contributed by atoms with Crippen molar-refractivity contribution in [1.82, 2.24) is 4.98 Å². The number of thiazole rings is 1. The maximum Gasteiger partial charge on any atom is 0.325 e. The Balaban J connectivity index is 1.73. The SMILES string of the molecule is [B]c1ccc(NC(=O)Nc2nc3ccc(F)cc3s2)cc1C. The number of hydrogen-bond donors (Lipinski definition) is 2. The van der Waals surface area contributed by atoms with E-state index in [1.165, 1.54) is 23.5 Å². The number of nitrogens with one attached hydrogen (secondary N) is 2. The normalized spacial score (nSPS) is 10.6. The number of benzene rings is 2. The molecule has 2 N–H and O–H groups in total. The van der Waals surface area contributed by atoms with Crippen molar-refractivity contribution in [1.29, 1.82) is 0 Å². The Morgan fingerprint density at radius 3 is 2.82 bits per heavy atom. The Morgan fingerprint density at radius 1 is 1.23 bits per heavy atom. The van der Waals surface area contributed by atoms with Crippen molar-refractivity contribution in [2.45, 2.75) is 6.92 Å². The fourth-order valence-electron chi connectivity index (χ4n) is 1.96. The van der Waals surface area contributed by atoms with Crippen LogP contribution in [0.2, 0.25) is 0 Å². The van der Waals surface area contributed by atoms with E-state index in [-0.39, 0.29) is 5.82 Å².